The van der Waals surface area contributed by atoms with Gasteiger partial charge in [0.2, 0.25) is 0 Å². The molecule has 0 bridgehead atoms. The van der Waals surface area contributed by atoms with Gasteiger partial charge in [0.25, 0.3) is 0 Å². The Morgan fingerprint density at radius 2 is 1.87 bits per heavy atom. The Morgan fingerprint density at radius 3 is 2.53 bits per heavy atom. The van der Waals surface area contributed by atoms with E-state index in [-0.39, 0.29) is 0 Å². The van der Waals surface area contributed by atoms with E-state index < -0.39 is 0 Å². The van der Waals surface area contributed by atoms with E-state index in [1.165, 1.54) is 37.8 Å². The van der Waals surface area contributed by atoms with Crippen molar-refractivity contribution >= 4 is 0 Å². The molecule has 1 N–H and O–H groups in total. The maximum absolute atomic E-state index is 3.64. The molecule has 1 aromatic carbocycles. The summed E-state index contributed by atoms with van der Waals surface area (Å²) in [6, 6.07) is 11.2. The van der Waals surface area contributed by atoms with E-state index in [0.29, 0.717) is 6.04 Å². The van der Waals surface area contributed by atoms with Crippen LogP contribution in [0.5, 0.6) is 0 Å². The van der Waals surface area contributed by atoms with Crippen molar-refractivity contribution in [3.05, 3.63) is 35.9 Å². The zero-order valence-electron chi connectivity index (χ0n) is 9.58. The van der Waals surface area contributed by atoms with Crippen molar-refractivity contribution in [1.82, 2.24) is 5.32 Å². The molecule has 2 rings (SSSR count). The molecule has 1 fully saturated rings. The van der Waals surface area contributed by atoms with Gasteiger partial charge < -0.3 is 5.32 Å². The van der Waals surface area contributed by atoms with Crippen molar-refractivity contribution in [3.63, 3.8) is 0 Å². The van der Waals surface area contributed by atoms with Crippen LogP contribution in [0, 0.1) is 5.92 Å². The average molecular weight is 203 g/mol. The van der Waals surface area contributed by atoms with E-state index in [0.717, 1.165) is 5.92 Å². The lowest BCUT2D eigenvalue weighted by molar-refractivity contribution is 0.452. The Hall–Kier alpha value is -0.820. The zero-order chi connectivity index (χ0) is 10.5. The van der Waals surface area contributed by atoms with Gasteiger partial charge in [-0.25, -0.2) is 0 Å². The van der Waals surface area contributed by atoms with Crippen molar-refractivity contribution in [2.24, 2.45) is 5.92 Å². The lowest BCUT2D eigenvalue weighted by Crippen LogP contribution is -2.24. The van der Waals surface area contributed by atoms with Crippen molar-refractivity contribution in [2.45, 2.75) is 38.6 Å². The fourth-order valence-electron chi connectivity index (χ4n) is 2.42. The molecule has 0 amide bonds. The predicted octanol–water partition coefficient (Wildman–Crippen LogP) is 3.53. The van der Waals surface area contributed by atoms with Gasteiger partial charge in [0, 0.05) is 6.04 Å². The van der Waals surface area contributed by atoms with Crippen LogP contribution in [-0.2, 0) is 0 Å². The first-order valence-corrected chi connectivity index (χ1v) is 6.14. The van der Waals surface area contributed by atoms with Gasteiger partial charge in [-0.05, 0) is 37.8 Å². The van der Waals surface area contributed by atoms with Crippen molar-refractivity contribution in [3.8, 4) is 0 Å². The minimum atomic E-state index is 0.492. The van der Waals surface area contributed by atoms with Gasteiger partial charge in [-0.1, -0.05) is 43.2 Å². The fourth-order valence-corrected chi connectivity index (χ4v) is 2.42. The summed E-state index contributed by atoms with van der Waals surface area (Å²) < 4.78 is 0. The molecule has 15 heavy (non-hydrogen) atoms. The van der Waals surface area contributed by atoms with Gasteiger partial charge in [0.05, 0.1) is 0 Å². The molecule has 1 aliphatic rings. The molecular formula is C14H21N. The summed E-state index contributed by atoms with van der Waals surface area (Å²) in [5.41, 5.74) is 1.40. The van der Waals surface area contributed by atoms with Crippen LogP contribution in [0.3, 0.4) is 0 Å². The van der Waals surface area contributed by atoms with Crippen LogP contribution in [0.4, 0.5) is 0 Å². The second-order valence-corrected chi connectivity index (χ2v) is 4.69. The number of hydrogen-bond donors (Lipinski definition) is 1. The van der Waals surface area contributed by atoms with Gasteiger partial charge in [0.15, 0.2) is 0 Å². The smallest absolute Gasteiger partial charge is 0.0291 e. The van der Waals surface area contributed by atoms with E-state index in [9.17, 15) is 0 Å². The summed E-state index contributed by atoms with van der Waals surface area (Å²) in [7, 11) is 0. The van der Waals surface area contributed by atoms with Crippen LogP contribution < -0.4 is 5.32 Å². The number of benzene rings is 1. The maximum atomic E-state index is 3.64. The highest BCUT2D eigenvalue weighted by Gasteiger charge is 2.15. The predicted molar refractivity (Wildman–Crippen MR) is 64.8 cm³/mol. The molecule has 1 heteroatoms. The minimum Gasteiger partial charge on any atom is -0.310 e. The van der Waals surface area contributed by atoms with Crippen LogP contribution in [-0.4, -0.2) is 6.54 Å². The molecule has 0 saturated heterocycles. The first-order chi connectivity index (χ1) is 7.36. The maximum Gasteiger partial charge on any atom is 0.0291 e. The third kappa shape index (κ3) is 3.07. The third-order valence-corrected chi connectivity index (χ3v) is 3.49. The summed E-state index contributed by atoms with van der Waals surface area (Å²) in [5, 5.41) is 3.64. The van der Waals surface area contributed by atoms with Gasteiger partial charge in [0.1, 0.15) is 0 Å². The Labute approximate surface area is 92.9 Å². The molecule has 82 valence electrons. The van der Waals surface area contributed by atoms with Crippen molar-refractivity contribution < 1.29 is 0 Å². The first kappa shape index (κ1) is 10.7. The van der Waals surface area contributed by atoms with Crippen molar-refractivity contribution in [1.29, 1.82) is 0 Å². The Kier molecular flexibility index (Phi) is 3.79. The summed E-state index contributed by atoms with van der Waals surface area (Å²) in [6.45, 7) is 3.44. The fraction of sp³-hybridized carbons (Fsp3) is 0.571. The molecule has 0 unspecified atom stereocenters. The Morgan fingerprint density at radius 1 is 1.20 bits per heavy atom. The highest BCUT2D eigenvalue weighted by Crippen LogP contribution is 2.24. The zero-order valence-corrected chi connectivity index (χ0v) is 9.58. The molecule has 1 aromatic rings. The third-order valence-electron chi connectivity index (χ3n) is 3.49. The van der Waals surface area contributed by atoms with E-state index in [1.807, 2.05) is 0 Å². The Balaban J connectivity index is 1.79. The molecule has 0 spiro atoms. The van der Waals surface area contributed by atoms with Crippen LogP contribution in [0.15, 0.2) is 30.3 Å². The monoisotopic (exact) mass is 203 g/mol. The van der Waals surface area contributed by atoms with Gasteiger partial charge in [-0.15, -0.1) is 0 Å². The summed E-state index contributed by atoms with van der Waals surface area (Å²) in [6.07, 6.45) is 5.72. The lowest BCUT2D eigenvalue weighted by Gasteiger charge is -2.17. The standard InChI is InChI=1S/C14H21N/c1-12(14-9-3-2-4-10-14)15-11-13-7-5-6-8-13/h2-4,9-10,12-13,15H,5-8,11H2,1H3/t12-/m1/s1. The van der Waals surface area contributed by atoms with Crippen molar-refractivity contribution in [2.75, 3.05) is 6.54 Å². The molecular weight excluding hydrogens is 182 g/mol. The van der Waals surface area contributed by atoms with Crippen LogP contribution in [0.1, 0.15) is 44.2 Å². The van der Waals surface area contributed by atoms with Gasteiger partial charge >= 0.3 is 0 Å². The van der Waals surface area contributed by atoms with Crippen LogP contribution >= 0.6 is 0 Å². The lowest BCUT2D eigenvalue weighted by atomic mass is 10.1. The summed E-state index contributed by atoms with van der Waals surface area (Å²) in [5.74, 6) is 0.927. The number of nitrogens with one attached hydrogen (secondary N) is 1. The van der Waals surface area contributed by atoms with E-state index in [2.05, 4.69) is 42.6 Å². The molecule has 0 aliphatic heterocycles. The average Bonchev–Trinajstić information content (AvgIpc) is 2.80. The second kappa shape index (κ2) is 5.32. The quantitative estimate of drug-likeness (QED) is 0.789. The normalized spacial score (nSPS) is 19.3. The molecule has 1 saturated carbocycles. The van der Waals surface area contributed by atoms with Crippen LogP contribution in [0.2, 0.25) is 0 Å². The largest absolute Gasteiger partial charge is 0.310 e. The molecule has 1 atom stereocenters. The summed E-state index contributed by atoms with van der Waals surface area (Å²) in [4.78, 5) is 0. The molecule has 1 aliphatic carbocycles. The van der Waals surface area contributed by atoms with E-state index in [1.54, 1.807) is 0 Å². The topological polar surface area (TPSA) is 12.0 Å². The van der Waals surface area contributed by atoms with Gasteiger partial charge in [-0.2, -0.15) is 0 Å². The molecule has 0 aromatic heterocycles. The highest BCUT2D eigenvalue weighted by atomic mass is 14.9. The van der Waals surface area contributed by atoms with E-state index in [4.69, 9.17) is 0 Å². The molecule has 1 nitrogen and oxygen atoms in total. The number of hydrogen-bond acceptors (Lipinski definition) is 1. The van der Waals surface area contributed by atoms with Crippen LogP contribution in [0.25, 0.3) is 0 Å². The molecule has 0 heterocycles. The summed E-state index contributed by atoms with van der Waals surface area (Å²) >= 11 is 0. The second-order valence-electron chi connectivity index (χ2n) is 4.69. The van der Waals surface area contributed by atoms with Gasteiger partial charge in [-0.3, -0.25) is 0 Å². The minimum absolute atomic E-state index is 0.492. The highest BCUT2D eigenvalue weighted by molar-refractivity contribution is 5.17. The molecule has 0 radical (unpaired) electrons. The number of rotatable bonds is 4. The van der Waals surface area contributed by atoms with E-state index >= 15 is 0 Å². The Bertz CT molecular complexity index is 275. The first-order valence-electron chi connectivity index (χ1n) is 6.14. The SMILES string of the molecule is C[C@@H](NCC1CCCC1)c1ccccc1.